The van der Waals surface area contributed by atoms with Crippen LogP contribution in [0.3, 0.4) is 0 Å². The summed E-state index contributed by atoms with van der Waals surface area (Å²) in [4.78, 5) is 22.3. The summed E-state index contributed by atoms with van der Waals surface area (Å²) in [6.07, 6.45) is -0.344. The number of aliphatic hydroxyl groups is 1. The maximum Gasteiger partial charge on any atom is 0.309 e. The van der Waals surface area contributed by atoms with Crippen molar-refractivity contribution >= 4 is 35.1 Å². The zero-order chi connectivity index (χ0) is 17.9. The highest BCUT2D eigenvalue weighted by molar-refractivity contribution is 7.71. The SMILES string of the molecule is CP(=O)(c1ccc2ccccc2c1)C(O)C(CCC(N)=O)C(=O)O. The molecule has 2 aromatic carbocycles. The van der Waals surface area contributed by atoms with Crippen molar-refractivity contribution in [3.8, 4) is 0 Å². The van der Waals surface area contributed by atoms with E-state index in [1.807, 2.05) is 24.3 Å². The maximum absolute atomic E-state index is 13.1. The smallest absolute Gasteiger partial charge is 0.309 e. The summed E-state index contributed by atoms with van der Waals surface area (Å²) >= 11 is 0. The van der Waals surface area contributed by atoms with Crippen LogP contribution in [0.4, 0.5) is 0 Å². The molecular weight excluding hydrogens is 329 g/mol. The van der Waals surface area contributed by atoms with E-state index in [1.165, 1.54) is 6.66 Å². The highest BCUT2D eigenvalue weighted by Gasteiger charge is 2.38. The molecule has 0 aliphatic heterocycles. The number of nitrogens with two attached hydrogens (primary N) is 1. The van der Waals surface area contributed by atoms with E-state index in [0.717, 1.165) is 10.8 Å². The Balaban J connectivity index is 2.35. The summed E-state index contributed by atoms with van der Waals surface area (Å²) in [5.41, 5.74) is 5.04. The molecule has 1 amide bonds. The van der Waals surface area contributed by atoms with Crippen molar-refractivity contribution in [1.29, 1.82) is 0 Å². The van der Waals surface area contributed by atoms with E-state index in [4.69, 9.17) is 5.73 Å². The van der Waals surface area contributed by atoms with Crippen molar-refractivity contribution in [2.24, 2.45) is 11.7 Å². The molecule has 6 nitrogen and oxygen atoms in total. The zero-order valence-corrected chi connectivity index (χ0v) is 14.1. The lowest BCUT2D eigenvalue weighted by Crippen LogP contribution is -2.32. The van der Waals surface area contributed by atoms with Gasteiger partial charge in [0, 0.05) is 11.7 Å². The highest BCUT2D eigenvalue weighted by atomic mass is 31.2. The third-order valence-corrected chi connectivity index (χ3v) is 6.80. The van der Waals surface area contributed by atoms with E-state index >= 15 is 0 Å². The molecule has 0 aliphatic carbocycles. The molecule has 0 heterocycles. The van der Waals surface area contributed by atoms with E-state index < -0.39 is 30.8 Å². The minimum Gasteiger partial charge on any atom is -0.481 e. The first kappa shape index (κ1) is 18.2. The van der Waals surface area contributed by atoms with Crippen LogP contribution in [0.2, 0.25) is 0 Å². The number of carbonyl (C=O) groups is 2. The van der Waals surface area contributed by atoms with Crippen LogP contribution in [0.5, 0.6) is 0 Å². The van der Waals surface area contributed by atoms with Crippen LogP contribution in [-0.2, 0) is 14.2 Å². The molecular formula is C17H20NO5P. The number of benzene rings is 2. The molecule has 0 aromatic heterocycles. The number of amides is 1. The van der Waals surface area contributed by atoms with Crippen molar-refractivity contribution in [2.45, 2.75) is 18.7 Å². The molecule has 4 N–H and O–H groups in total. The number of rotatable bonds is 7. The molecule has 3 atom stereocenters. The Labute approximate surface area is 139 Å². The summed E-state index contributed by atoms with van der Waals surface area (Å²) in [6, 6.07) is 12.6. The van der Waals surface area contributed by atoms with Gasteiger partial charge in [-0.25, -0.2) is 0 Å². The normalized spacial score (nSPS) is 16.2. The second kappa shape index (κ2) is 7.16. The number of hydrogen-bond donors (Lipinski definition) is 3. The van der Waals surface area contributed by atoms with Crippen molar-refractivity contribution < 1.29 is 24.4 Å². The highest BCUT2D eigenvalue weighted by Crippen LogP contribution is 2.48. The molecule has 7 heteroatoms. The Morgan fingerprint density at radius 2 is 1.79 bits per heavy atom. The van der Waals surface area contributed by atoms with Crippen LogP contribution in [0.25, 0.3) is 10.8 Å². The molecule has 3 unspecified atom stereocenters. The number of primary amides is 1. The Kier molecular flexibility index (Phi) is 5.42. The second-order valence-electron chi connectivity index (χ2n) is 5.88. The first-order valence-electron chi connectivity index (χ1n) is 7.49. The zero-order valence-electron chi connectivity index (χ0n) is 13.3. The molecule has 2 rings (SSSR count). The second-order valence-corrected chi connectivity index (χ2v) is 8.91. The van der Waals surface area contributed by atoms with Gasteiger partial charge in [-0.2, -0.15) is 0 Å². The first-order chi connectivity index (χ1) is 11.2. The molecule has 2 aromatic rings. The Morgan fingerprint density at radius 3 is 2.38 bits per heavy atom. The molecule has 0 aliphatic rings. The average Bonchev–Trinajstić information content (AvgIpc) is 2.53. The van der Waals surface area contributed by atoms with Gasteiger partial charge >= 0.3 is 5.97 Å². The van der Waals surface area contributed by atoms with Crippen LogP contribution in [0.15, 0.2) is 42.5 Å². The van der Waals surface area contributed by atoms with Gasteiger partial charge in [0.2, 0.25) is 5.91 Å². The fourth-order valence-corrected chi connectivity index (χ4v) is 4.68. The third-order valence-electron chi connectivity index (χ3n) is 4.13. The molecule has 0 spiro atoms. The molecule has 0 saturated carbocycles. The lowest BCUT2D eigenvalue weighted by Gasteiger charge is -2.25. The van der Waals surface area contributed by atoms with Crippen LogP contribution in [0, 0.1) is 5.92 Å². The summed E-state index contributed by atoms with van der Waals surface area (Å²) in [5.74, 6) is -4.87. The number of carboxylic acids is 1. The number of fused-ring (bicyclic) bond motifs is 1. The fraction of sp³-hybridized carbons (Fsp3) is 0.294. The molecule has 0 saturated heterocycles. The minimum absolute atomic E-state index is 0.156. The van der Waals surface area contributed by atoms with Crippen molar-refractivity contribution in [1.82, 2.24) is 0 Å². The van der Waals surface area contributed by atoms with E-state index in [1.54, 1.807) is 18.2 Å². The quantitative estimate of drug-likeness (QED) is 0.658. The van der Waals surface area contributed by atoms with Crippen molar-refractivity contribution in [2.75, 3.05) is 6.66 Å². The van der Waals surface area contributed by atoms with E-state index in [-0.39, 0.29) is 12.8 Å². The Bertz CT molecular complexity index is 819. The summed E-state index contributed by atoms with van der Waals surface area (Å²) < 4.78 is 13.1. The summed E-state index contributed by atoms with van der Waals surface area (Å²) in [6.45, 7) is 1.36. The molecule has 0 radical (unpaired) electrons. The van der Waals surface area contributed by atoms with Gasteiger partial charge in [-0.05, 0) is 29.9 Å². The lowest BCUT2D eigenvalue weighted by molar-refractivity contribution is -0.144. The van der Waals surface area contributed by atoms with Crippen molar-refractivity contribution in [3.63, 3.8) is 0 Å². The number of carbonyl (C=O) groups excluding carboxylic acids is 1. The van der Waals surface area contributed by atoms with Gasteiger partial charge in [-0.1, -0.05) is 36.4 Å². The van der Waals surface area contributed by atoms with Gasteiger partial charge < -0.3 is 20.5 Å². The predicted octanol–water partition coefficient (Wildman–Crippen LogP) is 1.74. The average molecular weight is 349 g/mol. The van der Waals surface area contributed by atoms with Gasteiger partial charge in [-0.3, -0.25) is 9.59 Å². The van der Waals surface area contributed by atoms with Gasteiger partial charge in [0.15, 0.2) is 0 Å². The van der Waals surface area contributed by atoms with E-state index in [0.29, 0.717) is 5.30 Å². The number of hydrogen-bond acceptors (Lipinski definition) is 4. The summed E-state index contributed by atoms with van der Waals surface area (Å²) in [5, 5.41) is 22.0. The number of aliphatic hydroxyl groups excluding tert-OH is 1. The van der Waals surface area contributed by atoms with E-state index in [9.17, 15) is 24.4 Å². The Hall–Kier alpha value is -2.17. The minimum atomic E-state index is -3.39. The van der Waals surface area contributed by atoms with Gasteiger partial charge in [-0.15, -0.1) is 0 Å². The van der Waals surface area contributed by atoms with Crippen LogP contribution in [0.1, 0.15) is 12.8 Å². The van der Waals surface area contributed by atoms with Gasteiger partial charge in [0.1, 0.15) is 13.0 Å². The largest absolute Gasteiger partial charge is 0.481 e. The lowest BCUT2D eigenvalue weighted by atomic mass is 10.0. The molecule has 0 bridgehead atoms. The van der Waals surface area contributed by atoms with Crippen LogP contribution >= 0.6 is 7.14 Å². The molecule has 24 heavy (non-hydrogen) atoms. The fourth-order valence-electron chi connectivity index (χ4n) is 2.65. The van der Waals surface area contributed by atoms with Gasteiger partial charge in [0.25, 0.3) is 0 Å². The van der Waals surface area contributed by atoms with Crippen molar-refractivity contribution in [3.05, 3.63) is 42.5 Å². The summed E-state index contributed by atoms with van der Waals surface area (Å²) in [7, 11) is -3.39. The first-order valence-corrected chi connectivity index (χ1v) is 9.71. The third kappa shape index (κ3) is 3.83. The Morgan fingerprint density at radius 1 is 1.17 bits per heavy atom. The molecule has 0 fully saturated rings. The standard InChI is InChI=1S/C17H20NO5P/c1-24(23,17(22)14(16(20)21)8-9-15(18)19)13-7-6-11-4-2-3-5-12(11)10-13/h2-7,10,14,17,22H,8-9H2,1H3,(H2,18,19)(H,20,21). The topological polar surface area (TPSA) is 118 Å². The monoisotopic (exact) mass is 349 g/mol. The van der Waals surface area contributed by atoms with E-state index in [2.05, 4.69) is 0 Å². The predicted molar refractivity (Wildman–Crippen MR) is 92.7 cm³/mol. The maximum atomic E-state index is 13.1. The van der Waals surface area contributed by atoms with Gasteiger partial charge in [0.05, 0.1) is 5.92 Å². The molecule has 128 valence electrons. The number of aliphatic carboxylic acids is 1. The van der Waals surface area contributed by atoms with Crippen LogP contribution < -0.4 is 11.0 Å². The van der Waals surface area contributed by atoms with Crippen LogP contribution in [-0.4, -0.2) is 34.6 Å². The number of carboxylic acid groups (broad SMARTS) is 1.